The number of carbonyl (C=O) groups excluding carboxylic acids is 2. The van der Waals surface area contributed by atoms with Gasteiger partial charge in [0, 0.05) is 19.0 Å². The molecule has 6 rings (SSSR count). The minimum Gasteiger partial charge on any atom is -0.359 e. The molecular formula is C29H37N5O2. The molecule has 2 bridgehead atoms. The van der Waals surface area contributed by atoms with Crippen LogP contribution in [0.1, 0.15) is 63.2 Å². The van der Waals surface area contributed by atoms with Crippen molar-refractivity contribution in [3.63, 3.8) is 0 Å². The lowest BCUT2D eigenvalue weighted by Crippen LogP contribution is -2.55. The topological polar surface area (TPSA) is 90.1 Å². The van der Waals surface area contributed by atoms with Crippen LogP contribution in [0.4, 0.5) is 0 Å². The van der Waals surface area contributed by atoms with Crippen molar-refractivity contribution in [2.75, 3.05) is 26.7 Å². The van der Waals surface area contributed by atoms with Gasteiger partial charge in [-0.25, -0.2) is 4.98 Å². The van der Waals surface area contributed by atoms with Crippen molar-refractivity contribution in [1.82, 2.24) is 25.5 Å². The van der Waals surface area contributed by atoms with Gasteiger partial charge in [-0.1, -0.05) is 49.2 Å². The highest BCUT2D eigenvalue weighted by Crippen LogP contribution is 2.41. The number of aromatic nitrogens is 2. The Kier molecular flexibility index (Phi) is 7.37. The number of amides is 2. The van der Waals surface area contributed by atoms with Gasteiger partial charge in [0.25, 0.3) is 0 Å². The molecule has 0 unspecified atom stereocenters. The normalized spacial score (nSPS) is 21.9. The molecule has 2 aromatic carbocycles. The van der Waals surface area contributed by atoms with E-state index in [1.807, 2.05) is 12.3 Å². The van der Waals surface area contributed by atoms with Gasteiger partial charge in [0.15, 0.2) is 0 Å². The molecule has 36 heavy (non-hydrogen) atoms. The number of nitrogens with zero attached hydrogens (tertiary/aromatic N) is 2. The zero-order chi connectivity index (χ0) is 25.0. The van der Waals surface area contributed by atoms with Crippen LogP contribution in [0, 0.1) is 5.41 Å². The minimum absolute atomic E-state index is 0.0775. The highest BCUT2D eigenvalue weighted by molar-refractivity contribution is 5.87. The number of nitrogens with one attached hydrogen (secondary N) is 3. The van der Waals surface area contributed by atoms with Crippen molar-refractivity contribution in [2.45, 2.75) is 57.4 Å². The van der Waals surface area contributed by atoms with Crippen LogP contribution in [-0.2, 0) is 9.59 Å². The molecule has 1 atom stereocenters. The number of carbonyl (C=O) groups is 2. The number of hydrogen-bond donors (Lipinski definition) is 3. The molecule has 3 aliphatic rings. The Morgan fingerprint density at radius 1 is 1.03 bits per heavy atom. The van der Waals surface area contributed by atoms with Crippen molar-refractivity contribution in [3.05, 3.63) is 54.5 Å². The summed E-state index contributed by atoms with van der Waals surface area (Å²) in [7, 11) is 1.67. The maximum Gasteiger partial charge on any atom is 0.226 e. The number of fused-ring (bicyclic) bond motifs is 4. The molecule has 3 N–H and O–H groups in total. The summed E-state index contributed by atoms with van der Waals surface area (Å²) in [5, 5.41) is 8.48. The first-order valence-corrected chi connectivity index (χ1v) is 13.3. The maximum atomic E-state index is 13.6. The number of imidazole rings is 1. The van der Waals surface area contributed by atoms with Crippen LogP contribution < -0.4 is 10.6 Å². The van der Waals surface area contributed by atoms with E-state index in [0.717, 1.165) is 81.7 Å². The molecule has 3 aliphatic heterocycles. The summed E-state index contributed by atoms with van der Waals surface area (Å²) in [6, 6.07) is 14.6. The Hall–Kier alpha value is -3.19. The summed E-state index contributed by atoms with van der Waals surface area (Å²) in [4.78, 5) is 35.8. The van der Waals surface area contributed by atoms with Crippen LogP contribution in [-0.4, -0.2) is 53.4 Å². The third-order valence-electron chi connectivity index (χ3n) is 8.17. The van der Waals surface area contributed by atoms with Gasteiger partial charge in [-0.05, 0) is 68.6 Å². The summed E-state index contributed by atoms with van der Waals surface area (Å²) in [5.41, 5.74) is 1.81. The van der Waals surface area contributed by atoms with Gasteiger partial charge >= 0.3 is 0 Å². The van der Waals surface area contributed by atoms with Crippen LogP contribution in [0.3, 0.4) is 0 Å². The Balaban J connectivity index is 1.31. The molecule has 3 fully saturated rings. The first-order chi connectivity index (χ1) is 17.6. The summed E-state index contributed by atoms with van der Waals surface area (Å²) >= 11 is 0. The number of hydrogen-bond acceptors (Lipinski definition) is 4. The fourth-order valence-corrected chi connectivity index (χ4v) is 5.71. The highest BCUT2D eigenvalue weighted by Gasteiger charge is 2.45. The van der Waals surface area contributed by atoms with Gasteiger partial charge in [0.05, 0.1) is 23.3 Å². The van der Waals surface area contributed by atoms with E-state index in [9.17, 15) is 9.59 Å². The first-order valence-electron chi connectivity index (χ1n) is 13.3. The van der Waals surface area contributed by atoms with E-state index in [-0.39, 0.29) is 23.3 Å². The van der Waals surface area contributed by atoms with Crippen LogP contribution in [0.5, 0.6) is 0 Å². The van der Waals surface area contributed by atoms with E-state index in [1.54, 1.807) is 7.05 Å². The van der Waals surface area contributed by atoms with Crippen LogP contribution in [0.15, 0.2) is 48.7 Å². The second-order valence-electron chi connectivity index (χ2n) is 10.4. The third-order valence-corrected chi connectivity index (χ3v) is 8.17. The summed E-state index contributed by atoms with van der Waals surface area (Å²) < 4.78 is 0. The van der Waals surface area contributed by atoms with E-state index in [1.165, 1.54) is 10.8 Å². The number of benzene rings is 2. The van der Waals surface area contributed by atoms with Gasteiger partial charge in [0.2, 0.25) is 11.8 Å². The predicted molar refractivity (Wildman–Crippen MR) is 142 cm³/mol. The van der Waals surface area contributed by atoms with Crippen LogP contribution in [0.2, 0.25) is 0 Å². The molecule has 3 saturated heterocycles. The molecule has 0 spiro atoms. The lowest BCUT2D eigenvalue weighted by Gasteiger charge is -2.47. The number of H-pyrrole nitrogens is 1. The van der Waals surface area contributed by atoms with Crippen molar-refractivity contribution in [1.29, 1.82) is 0 Å². The molecule has 4 heterocycles. The monoisotopic (exact) mass is 487 g/mol. The summed E-state index contributed by atoms with van der Waals surface area (Å²) in [5.74, 6) is 1.07. The van der Waals surface area contributed by atoms with E-state index in [4.69, 9.17) is 4.98 Å². The SMILES string of the molecule is CNC(=O)CCCCC[C@H](NC(=O)C12CCN(CC1)CC2)c1ncc(-c2ccc3ccccc3c2)[nH]1. The fraction of sp³-hybridized carbons (Fsp3) is 0.483. The largest absolute Gasteiger partial charge is 0.359 e. The van der Waals surface area contributed by atoms with Crippen molar-refractivity contribution in [2.24, 2.45) is 5.41 Å². The van der Waals surface area contributed by atoms with E-state index in [0.29, 0.717) is 6.42 Å². The highest BCUT2D eigenvalue weighted by atomic mass is 16.2. The Morgan fingerprint density at radius 2 is 1.78 bits per heavy atom. The minimum atomic E-state index is -0.236. The van der Waals surface area contributed by atoms with Gasteiger partial charge in [-0.15, -0.1) is 0 Å². The molecule has 0 saturated carbocycles. The Bertz CT molecular complexity index is 1200. The smallest absolute Gasteiger partial charge is 0.226 e. The maximum absolute atomic E-state index is 13.6. The molecule has 1 aromatic heterocycles. The summed E-state index contributed by atoms with van der Waals surface area (Å²) in [6.07, 6.45) is 8.76. The van der Waals surface area contributed by atoms with Gasteiger partial charge in [0.1, 0.15) is 5.82 Å². The lowest BCUT2D eigenvalue weighted by atomic mass is 9.71. The van der Waals surface area contributed by atoms with Gasteiger partial charge < -0.3 is 20.5 Å². The molecule has 7 nitrogen and oxygen atoms in total. The fourth-order valence-electron chi connectivity index (χ4n) is 5.71. The number of piperidine rings is 3. The van der Waals surface area contributed by atoms with Crippen LogP contribution >= 0.6 is 0 Å². The molecule has 0 aliphatic carbocycles. The second-order valence-corrected chi connectivity index (χ2v) is 10.4. The quantitative estimate of drug-likeness (QED) is 0.366. The predicted octanol–water partition coefficient (Wildman–Crippen LogP) is 4.57. The molecule has 3 aromatic rings. The molecule has 190 valence electrons. The third kappa shape index (κ3) is 5.31. The van der Waals surface area contributed by atoms with E-state index < -0.39 is 0 Å². The Labute approximate surface area is 213 Å². The molecular weight excluding hydrogens is 450 g/mol. The zero-order valence-electron chi connectivity index (χ0n) is 21.2. The number of aromatic amines is 1. The van der Waals surface area contributed by atoms with E-state index >= 15 is 0 Å². The van der Waals surface area contributed by atoms with Gasteiger partial charge in [-0.3, -0.25) is 9.59 Å². The van der Waals surface area contributed by atoms with Crippen LogP contribution in [0.25, 0.3) is 22.0 Å². The second kappa shape index (κ2) is 10.8. The number of unbranched alkanes of at least 4 members (excludes halogenated alkanes) is 2. The van der Waals surface area contributed by atoms with Crippen molar-refractivity contribution < 1.29 is 9.59 Å². The Morgan fingerprint density at radius 3 is 2.53 bits per heavy atom. The average Bonchev–Trinajstić information content (AvgIpc) is 3.43. The first kappa shape index (κ1) is 24.5. The molecule has 2 amide bonds. The van der Waals surface area contributed by atoms with E-state index in [2.05, 4.69) is 56.9 Å². The number of rotatable bonds is 10. The van der Waals surface area contributed by atoms with Gasteiger partial charge in [-0.2, -0.15) is 0 Å². The van der Waals surface area contributed by atoms with Crippen molar-refractivity contribution >= 4 is 22.6 Å². The average molecular weight is 488 g/mol. The summed E-state index contributed by atoms with van der Waals surface area (Å²) in [6.45, 7) is 3.05. The molecule has 7 heteroatoms. The standard InChI is InChI=1S/C29H37N5O2/c1-30-26(35)10-4-2-3-9-24(33-28(36)29-13-16-34(17-14-29)18-15-29)27-31-20-25(32-27)23-12-11-21-7-5-6-8-22(21)19-23/h5-8,11-12,19-20,24H,2-4,9-10,13-18H2,1H3,(H,30,35)(H,31,32)(H,33,36)/t24-/m0/s1. The lowest BCUT2D eigenvalue weighted by molar-refractivity contribution is -0.139. The van der Waals surface area contributed by atoms with Crippen molar-refractivity contribution in [3.8, 4) is 11.3 Å². The zero-order valence-corrected chi connectivity index (χ0v) is 21.2. The molecule has 0 radical (unpaired) electrons.